The van der Waals surface area contributed by atoms with E-state index in [1.165, 1.54) is 0 Å². The van der Waals surface area contributed by atoms with Crippen LogP contribution in [0.4, 0.5) is 5.69 Å². The van der Waals surface area contributed by atoms with Gasteiger partial charge in [0.05, 0.1) is 6.61 Å². The lowest BCUT2D eigenvalue weighted by atomic mass is 10.0. The lowest BCUT2D eigenvalue weighted by Gasteiger charge is -2.29. The smallest absolute Gasteiger partial charge is 0.268 e. The molecule has 1 aliphatic rings. The van der Waals surface area contributed by atoms with Crippen molar-refractivity contribution in [2.45, 2.75) is 26.2 Å². The van der Waals surface area contributed by atoms with Crippen molar-refractivity contribution < 1.29 is 9.53 Å². The average molecular weight is 346 g/mol. The van der Waals surface area contributed by atoms with Gasteiger partial charge in [-0.2, -0.15) is 5.26 Å². The number of carbonyl (C=O) groups excluding carboxylic acids is 1. The van der Waals surface area contributed by atoms with Crippen LogP contribution in [0, 0.1) is 11.3 Å². The summed E-state index contributed by atoms with van der Waals surface area (Å²) < 4.78 is 5.56. The molecule has 1 aliphatic heterocycles. The van der Waals surface area contributed by atoms with E-state index in [1.807, 2.05) is 48.5 Å². The van der Waals surface area contributed by atoms with E-state index in [0.717, 1.165) is 41.8 Å². The van der Waals surface area contributed by atoms with Gasteiger partial charge in [-0.15, -0.1) is 0 Å². The molecule has 0 saturated heterocycles. The molecular formula is C22H22N2O2. The van der Waals surface area contributed by atoms with Crippen molar-refractivity contribution in [2.75, 3.05) is 18.1 Å². The number of aryl methyl sites for hydroxylation is 1. The third kappa shape index (κ3) is 3.94. The van der Waals surface area contributed by atoms with Crippen LogP contribution >= 0.6 is 0 Å². The van der Waals surface area contributed by atoms with Crippen molar-refractivity contribution >= 4 is 17.7 Å². The molecular weight excluding hydrogens is 324 g/mol. The van der Waals surface area contributed by atoms with E-state index in [2.05, 4.69) is 13.0 Å². The van der Waals surface area contributed by atoms with Gasteiger partial charge in [-0.05, 0) is 54.7 Å². The Bertz CT molecular complexity index is 847. The molecule has 2 aromatic rings. The van der Waals surface area contributed by atoms with Crippen molar-refractivity contribution in [3.05, 3.63) is 65.2 Å². The molecule has 132 valence electrons. The number of ether oxygens (including phenoxy) is 1. The number of benzene rings is 2. The van der Waals surface area contributed by atoms with Gasteiger partial charge in [0.2, 0.25) is 0 Å². The highest BCUT2D eigenvalue weighted by molar-refractivity contribution is 6.11. The van der Waals surface area contributed by atoms with E-state index in [-0.39, 0.29) is 11.5 Å². The second-order valence-corrected chi connectivity index (χ2v) is 6.28. The van der Waals surface area contributed by atoms with E-state index in [9.17, 15) is 10.1 Å². The number of para-hydroxylation sites is 1. The van der Waals surface area contributed by atoms with Gasteiger partial charge in [-0.1, -0.05) is 37.3 Å². The summed E-state index contributed by atoms with van der Waals surface area (Å²) in [5.74, 6) is 0.546. The molecule has 0 bridgehead atoms. The second kappa shape index (κ2) is 8.35. The monoisotopic (exact) mass is 346 g/mol. The zero-order chi connectivity index (χ0) is 18.4. The average Bonchev–Trinajstić information content (AvgIpc) is 2.70. The van der Waals surface area contributed by atoms with Crippen molar-refractivity contribution in [3.8, 4) is 11.8 Å². The predicted molar refractivity (Wildman–Crippen MR) is 103 cm³/mol. The number of amides is 1. The minimum Gasteiger partial charge on any atom is -0.494 e. The molecule has 4 heteroatoms. The molecule has 0 aromatic heterocycles. The molecule has 0 radical (unpaired) electrons. The largest absolute Gasteiger partial charge is 0.494 e. The van der Waals surface area contributed by atoms with Gasteiger partial charge in [0.1, 0.15) is 17.4 Å². The Balaban J connectivity index is 1.82. The number of fused-ring (bicyclic) bond motifs is 1. The van der Waals surface area contributed by atoms with Crippen LogP contribution in [0.25, 0.3) is 6.08 Å². The van der Waals surface area contributed by atoms with Crippen LogP contribution in [0.2, 0.25) is 0 Å². The third-order valence-corrected chi connectivity index (χ3v) is 4.37. The fraction of sp³-hybridized carbons (Fsp3) is 0.273. The molecule has 0 saturated carbocycles. The first-order valence-corrected chi connectivity index (χ1v) is 8.97. The first-order chi connectivity index (χ1) is 12.7. The second-order valence-electron chi connectivity index (χ2n) is 6.28. The van der Waals surface area contributed by atoms with Gasteiger partial charge in [0, 0.05) is 12.2 Å². The highest BCUT2D eigenvalue weighted by Crippen LogP contribution is 2.28. The Labute approximate surface area is 154 Å². The third-order valence-electron chi connectivity index (χ3n) is 4.37. The van der Waals surface area contributed by atoms with Crippen LogP contribution in [0.15, 0.2) is 54.1 Å². The standard InChI is InChI=1S/C22H22N2O2/c1-2-14-26-20-11-9-17(10-12-20)15-19(16-23)22(25)24-13-5-7-18-6-3-4-8-21(18)24/h3-4,6,8-12,15H,2,5,7,13-14H2,1H3/b19-15+. The molecule has 3 rings (SSSR count). The van der Waals surface area contributed by atoms with Gasteiger partial charge in [0.15, 0.2) is 0 Å². The number of nitrogens with zero attached hydrogens (tertiary/aromatic N) is 2. The van der Waals surface area contributed by atoms with Crippen LogP contribution in [-0.4, -0.2) is 19.1 Å². The Hall–Kier alpha value is -3.06. The molecule has 26 heavy (non-hydrogen) atoms. The summed E-state index contributed by atoms with van der Waals surface area (Å²) in [4.78, 5) is 14.6. The van der Waals surface area contributed by atoms with Crippen molar-refractivity contribution in [3.63, 3.8) is 0 Å². The van der Waals surface area contributed by atoms with Gasteiger partial charge in [0.25, 0.3) is 5.91 Å². The predicted octanol–water partition coefficient (Wildman–Crippen LogP) is 4.36. The molecule has 0 fully saturated rings. The Morgan fingerprint density at radius 2 is 2.00 bits per heavy atom. The molecule has 0 N–H and O–H groups in total. The number of carbonyl (C=O) groups is 1. The lowest BCUT2D eigenvalue weighted by molar-refractivity contribution is -0.114. The fourth-order valence-corrected chi connectivity index (χ4v) is 3.08. The molecule has 4 nitrogen and oxygen atoms in total. The van der Waals surface area contributed by atoms with Gasteiger partial charge in [-0.25, -0.2) is 0 Å². The molecule has 0 spiro atoms. The first kappa shape index (κ1) is 17.8. The first-order valence-electron chi connectivity index (χ1n) is 8.97. The summed E-state index contributed by atoms with van der Waals surface area (Å²) in [6.45, 7) is 3.37. The van der Waals surface area contributed by atoms with Gasteiger partial charge >= 0.3 is 0 Å². The maximum Gasteiger partial charge on any atom is 0.268 e. The van der Waals surface area contributed by atoms with Crippen molar-refractivity contribution in [1.29, 1.82) is 5.26 Å². The Kier molecular flexibility index (Phi) is 5.70. The quantitative estimate of drug-likeness (QED) is 0.597. The summed E-state index contributed by atoms with van der Waals surface area (Å²) in [6, 6.07) is 17.4. The van der Waals surface area contributed by atoms with Crippen molar-refractivity contribution in [2.24, 2.45) is 0 Å². The zero-order valence-corrected chi connectivity index (χ0v) is 14.9. The Morgan fingerprint density at radius 1 is 1.23 bits per heavy atom. The number of hydrogen-bond donors (Lipinski definition) is 0. The highest BCUT2D eigenvalue weighted by Gasteiger charge is 2.24. The summed E-state index contributed by atoms with van der Waals surface area (Å²) in [5.41, 5.74) is 3.02. The van der Waals surface area contributed by atoms with E-state index in [4.69, 9.17) is 4.74 Å². The molecule has 2 aromatic carbocycles. The topological polar surface area (TPSA) is 53.3 Å². The van der Waals surface area contributed by atoms with Gasteiger partial charge < -0.3 is 9.64 Å². The molecule has 0 unspecified atom stereocenters. The summed E-state index contributed by atoms with van der Waals surface area (Å²) in [6.07, 6.45) is 4.46. The fourth-order valence-electron chi connectivity index (χ4n) is 3.08. The number of rotatable bonds is 5. The zero-order valence-electron chi connectivity index (χ0n) is 14.9. The van der Waals surface area contributed by atoms with E-state index in [1.54, 1.807) is 11.0 Å². The van der Waals surface area contributed by atoms with Crippen LogP contribution in [-0.2, 0) is 11.2 Å². The number of hydrogen-bond acceptors (Lipinski definition) is 3. The molecule has 1 heterocycles. The van der Waals surface area contributed by atoms with E-state index < -0.39 is 0 Å². The van der Waals surface area contributed by atoms with E-state index >= 15 is 0 Å². The maximum absolute atomic E-state index is 12.9. The van der Waals surface area contributed by atoms with Crippen LogP contribution in [0.5, 0.6) is 5.75 Å². The summed E-state index contributed by atoms with van der Waals surface area (Å²) in [5, 5.41) is 9.52. The van der Waals surface area contributed by atoms with E-state index in [0.29, 0.717) is 13.2 Å². The lowest BCUT2D eigenvalue weighted by Crippen LogP contribution is -2.36. The van der Waals surface area contributed by atoms with Crippen LogP contribution in [0.1, 0.15) is 30.9 Å². The number of nitriles is 1. The van der Waals surface area contributed by atoms with Crippen LogP contribution in [0.3, 0.4) is 0 Å². The Morgan fingerprint density at radius 3 is 2.73 bits per heavy atom. The van der Waals surface area contributed by atoms with Crippen molar-refractivity contribution in [1.82, 2.24) is 0 Å². The summed E-state index contributed by atoms with van der Waals surface area (Å²) in [7, 11) is 0. The minimum atomic E-state index is -0.244. The maximum atomic E-state index is 12.9. The summed E-state index contributed by atoms with van der Waals surface area (Å²) >= 11 is 0. The SMILES string of the molecule is CCCOc1ccc(/C=C(\C#N)C(=O)N2CCCc3ccccc32)cc1. The molecule has 0 aliphatic carbocycles. The van der Waals surface area contributed by atoms with Gasteiger partial charge in [-0.3, -0.25) is 4.79 Å². The minimum absolute atomic E-state index is 0.143. The highest BCUT2D eigenvalue weighted by atomic mass is 16.5. The van der Waals surface area contributed by atoms with Crippen LogP contribution < -0.4 is 9.64 Å². The molecule has 1 amide bonds. The number of anilines is 1. The normalized spacial score (nSPS) is 13.7. The molecule has 0 atom stereocenters.